The summed E-state index contributed by atoms with van der Waals surface area (Å²) >= 11 is 1.59. The predicted octanol–water partition coefficient (Wildman–Crippen LogP) is 1.43. The molecular formula is C13H15NO3S. The van der Waals surface area contributed by atoms with E-state index in [2.05, 4.69) is 5.32 Å². The number of nitrogens with one attached hydrogen (secondary N) is 1. The van der Waals surface area contributed by atoms with Crippen LogP contribution in [0.25, 0.3) is 10.1 Å². The van der Waals surface area contributed by atoms with Gasteiger partial charge in [0.25, 0.3) is 0 Å². The minimum Gasteiger partial charge on any atom is -0.388 e. The molecular weight excluding hydrogens is 250 g/mol. The van der Waals surface area contributed by atoms with Crippen molar-refractivity contribution in [1.82, 2.24) is 5.32 Å². The van der Waals surface area contributed by atoms with Crippen molar-refractivity contribution in [3.8, 4) is 0 Å². The summed E-state index contributed by atoms with van der Waals surface area (Å²) in [5.74, 6) is -0.227. The molecule has 5 heteroatoms. The Morgan fingerprint density at radius 1 is 1.39 bits per heavy atom. The maximum Gasteiger partial charge on any atom is 0.216 e. The predicted molar refractivity (Wildman–Crippen MR) is 71.5 cm³/mol. The summed E-state index contributed by atoms with van der Waals surface area (Å²) in [7, 11) is 0. The molecule has 0 saturated carbocycles. The van der Waals surface area contributed by atoms with Crippen LogP contribution in [0.1, 0.15) is 18.6 Å². The zero-order valence-electron chi connectivity index (χ0n) is 9.96. The second kappa shape index (κ2) is 5.48. The van der Waals surface area contributed by atoms with Gasteiger partial charge in [-0.2, -0.15) is 0 Å². The summed E-state index contributed by atoms with van der Waals surface area (Å²) in [5, 5.41) is 25.4. The van der Waals surface area contributed by atoms with Gasteiger partial charge in [-0.05, 0) is 28.5 Å². The quantitative estimate of drug-likeness (QED) is 0.783. The molecule has 0 bridgehead atoms. The van der Waals surface area contributed by atoms with Crippen LogP contribution in [-0.4, -0.2) is 28.8 Å². The first-order valence-corrected chi connectivity index (χ1v) is 6.53. The van der Waals surface area contributed by atoms with Crippen LogP contribution >= 0.6 is 11.3 Å². The molecule has 1 heterocycles. The van der Waals surface area contributed by atoms with Crippen molar-refractivity contribution in [3.63, 3.8) is 0 Å². The van der Waals surface area contributed by atoms with Gasteiger partial charge in [0.15, 0.2) is 0 Å². The summed E-state index contributed by atoms with van der Waals surface area (Å²) < 4.78 is 1.07. The van der Waals surface area contributed by atoms with Crippen molar-refractivity contribution in [3.05, 3.63) is 35.2 Å². The monoisotopic (exact) mass is 265 g/mol. The lowest BCUT2D eigenvalue weighted by atomic mass is 10.0. The SMILES string of the molecule is CC(=O)NCC(O)C(O)c1ccc2ccsc2c1. The van der Waals surface area contributed by atoms with Gasteiger partial charge in [0, 0.05) is 18.2 Å². The van der Waals surface area contributed by atoms with Gasteiger partial charge >= 0.3 is 0 Å². The molecule has 0 saturated heterocycles. The summed E-state index contributed by atoms with van der Waals surface area (Å²) in [6, 6.07) is 7.57. The fourth-order valence-electron chi connectivity index (χ4n) is 1.74. The summed E-state index contributed by atoms with van der Waals surface area (Å²) in [6.45, 7) is 1.41. The standard InChI is InChI=1S/C13H15NO3S/c1-8(15)14-7-11(16)13(17)10-3-2-9-4-5-18-12(9)6-10/h2-6,11,13,16-17H,7H2,1H3,(H,14,15). The first-order valence-electron chi connectivity index (χ1n) is 5.65. The summed E-state index contributed by atoms with van der Waals surface area (Å²) in [5.41, 5.74) is 0.655. The van der Waals surface area contributed by atoms with Crippen LogP contribution < -0.4 is 5.32 Å². The van der Waals surface area contributed by atoms with Gasteiger partial charge in [-0.3, -0.25) is 4.79 Å². The molecule has 3 N–H and O–H groups in total. The third kappa shape index (κ3) is 2.87. The molecule has 2 atom stereocenters. The molecule has 1 amide bonds. The Kier molecular flexibility index (Phi) is 3.96. The second-order valence-electron chi connectivity index (χ2n) is 4.17. The Bertz CT molecular complexity index is 552. The Morgan fingerprint density at radius 3 is 2.89 bits per heavy atom. The number of aliphatic hydroxyl groups is 2. The van der Waals surface area contributed by atoms with Crippen LogP contribution in [0.3, 0.4) is 0 Å². The van der Waals surface area contributed by atoms with Gasteiger partial charge in [0.2, 0.25) is 5.91 Å². The average Bonchev–Trinajstić information content (AvgIpc) is 2.81. The summed E-state index contributed by atoms with van der Waals surface area (Å²) in [6.07, 6.45) is -2.00. The Labute approximate surface area is 109 Å². The molecule has 0 aliphatic heterocycles. The number of thiophene rings is 1. The number of fused-ring (bicyclic) bond motifs is 1. The van der Waals surface area contributed by atoms with E-state index in [9.17, 15) is 15.0 Å². The van der Waals surface area contributed by atoms with E-state index in [0.29, 0.717) is 5.56 Å². The van der Waals surface area contributed by atoms with Crippen LogP contribution in [0.2, 0.25) is 0 Å². The molecule has 1 aromatic carbocycles. The summed E-state index contributed by atoms with van der Waals surface area (Å²) in [4.78, 5) is 10.7. The zero-order chi connectivity index (χ0) is 13.1. The number of benzene rings is 1. The lowest BCUT2D eigenvalue weighted by Crippen LogP contribution is -2.34. The number of carbonyl (C=O) groups excluding carboxylic acids is 1. The van der Waals surface area contributed by atoms with Crippen LogP contribution in [0.5, 0.6) is 0 Å². The van der Waals surface area contributed by atoms with Crippen LogP contribution in [0, 0.1) is 0 Å². The average molecular weight is 265 g/mol. The molecule has 18 heavy (non-hydrogen) atoms. The second-order valence-corrected chi connectivity index (χ2v) is 5.11. The molecule has 2 unspecified atom stereocenters. The van der Waals surface area contributed by atoms with E-state index in [0.717, 1.165) is 10.1 Å². The third-order valence-electron chi connectivity index (χ3n) is 2.75. The van der Waals surface area contributed by atoms with E-state index in [-0.39, 0.29) is 12.5 Å². The highest BCUT2D eigenvalue weighted by molar-refractivity contribution is 7.17. The maximum atomic E-state index is 10.7. The number of carbonyl (C=O) groups is 1. The van der Waals surface area contributed by atoms with E-state index >= 15 is 0 Å². The number of hydrogen-bond acceptors (Lipinski definition) is 4. The minimum absolute atomic E-state index is 0.0407. The van der Waals surface area contributed by atoms with Crippen molar-refractivity contribution in [2.24, 2.45) is 0 Å². The Balaban J connectivity index is 2.11. The lowest BCUT2D eigenvalue weighted by Gasteiger charge is -2.18. The van der Waals surface area contributed by atoms with Gasteiger partial charge in [-0.15, -0.1) is 11.3 Å². The number of amides is 1. The van der Waals surface area contributed by atoms with E-state index < -0.39 is 12.2 Å². The van der Waals surface area contributed by atoms with Gasteiger partial charge in [-0.25, -0.2) is 0 Å². The van der Waals surface area contributed by atoms with Crippen molar-refractivity contribution >= 4 is 27.3 Å². The number of hydrogen-bond donors (Lipinski definition) is 3. The van der Waals surface area contributed by atoms with Crippen molar-refractivity contribution < 1.29 is 15.0 Å². The van der Waals surface area contributed by atoms with Gasteiger partial charge in [-0.1, -0.05) is 12.1 Å². The van der Waals surface area contributed by atoms with E-state index in [1.807, 2.05) is 23.6 Å². The highest BCUT2D eigenvalue weighted by Gasteiger charge is 2.18. The molecule has 0 fully saturated rings. The Morgan fingerprint density at radius 2 is 2.17 bits per heavy atom. The largest absolute Gasteiger partial charge is 0.388 e. The number of rotatable bonds is 4. The van der Waals surface area contributed by atoms with Crippen LogP contribution in [-0.2, 0) is 4.79 Å². The molecule has 0 spiro atoms. The molecule has 4 nitrogen and oxygen atoms in total. The molecule has 2 rings (SSSR count). The first kappa shape index (κ1) is 13.0. The maximum absolute atomic E-state index is 10.7. The molecule has 1 aromatic heterocycles. The number of aliphatic hydroxyl groups excluding tert-OH is 2. The molecule has 0 aliphatic rings. The zero-order valence-corrected chi connectivity index (χ0v) is 10.8. The van der Waals surface area contributed by atoms with Gasteiger partial charge in [0.1, 0.15) is 12.2 Å². The van der Waals surface area contributed by atoms with Crippen molar-refractivity contribution in [2.75, 3.05) is 6.54 Å². The third-order valence-corrected chi connectivity index (χ3v) is 3.63. The first-order chi connectivity index (χ1) is 8.58. The fraction of sp³-hybridized carbons (Fsp3) is 0.308. The highest BCUT2D eigenvalue weighted by atomic mass is 32.1. The van der Waals surface area contributed by atoms with Crippen molar-refractivity contribution in [2.45, 2.75) is 19.1 Å². The Hall–Kier alpha value is -1.43. The van der Waals surface area contributed by atoms with Crippen LogP contribution in [0.4, 0.5) is 0 Å². The molecule has 96 valence electrons. The lowest BCUT2D eigenvalue weighted by molar-refractivity contribution is -0.119. The smallest absolute Gasteiger partial charge is 0.216 e. The normalized spacial score (nSPS) is 14.4. The fourth-order valence-corrected chi connectivity index (χ4v) is 2.57. The van der Waals surface area contributed by atoms with Gasteiger partial charge < -0.3 is 15.5 Å². The highest BCUT2D eigenvalue weighted by Crippen LogP contribution is 2.26. The van der Waals surface area contributed by atoms with Crippen molar-refractivity contribution in [1.29, 1.82) is 0 Å². The van der Waals surface area contributed by atoms with E-state index in [1.165, 1.54) is 6.92 Å². The van der Waals surface area contributed by atoms with Gasteiger partial charge in [0.05, 0.1) is 0 Å². The minimum atomic E-state index is -1.01. The van der Waals surface area contributed by atoms with E-state index in [4.69, 9.17) is 0 Å². The van der Waals surface area contributed by atoms with E-state index in [1.54, 1.807) is 17.4 Å². The molecule has 0 radical (unpaired) electrons. The topological polar surface area (TPSA) is 69.6 Å². The van der Waals surface area contributed by atoms with Crippen LogP contribution in [0.15, 0.2) is 29.6 Å². The molecule has 0 aliphatic carbocycles. The molecule has 2 aromatic rings.